The molecule has 12 heavy (non-hydrogen) atoms. The normalized spacial score (nSPS) is 9.83. The van der Waals surface area contributed by atoms with E-state index in [0.29, 0.717) is 10.8 Å². The van der Waals surface area contributed by atoms with E-state index in [1.807, 2.05) is 0 Å². The number of hydrogen-bond donors (Lipinski definition) is 0. The van der Waals surface area contributed by atoms with Gasteiger partial charge in [0.25, 0.3) is 0 Å². The molecule has 0 aliphatic heterocycles. The van der Waals surface area contributed by atoms with Crippen LogP contribution in [0.1, 0.15) is 0 Å². The minimum absolute atomic E-state index is 0. The first-order valence-corrected chi connectivity index (χ1v) is 4.01. The number of hydrogen-bond acceptors (Lipinski definition) is 2. The van der Waals surface area contributed by atoms with Crippen LogP contribution in [0.15, 0.2) is 16.9 Å². The summed E-state index contributed by atoms with van der Waals surface area (Å²) in [6.45, 7) is 0. The molecule has 0 aliphatic carbocycles. The van der Waals surface area contributed by atoms with Gasteiger partial charge < -0.3 is 6.07 Å². The molecule has 0 radical (unpaired) electrons. The summed E-state index contributed by atoms with van der Waals surface area (Å²) in [7, 11) is 0. The molecule has 0 fully saturated rings. The summed E-state index contributed by atoms with van der Waals surface area (Å²) in [4.78, 5) is 4.00. The van der Waals surface area contributed by atoms with Gasteiger partial charge in [0.1, 0.15) is 0 Å². The van der Waals surface area contributed by atoms with Crippen molar-refractivity contribution in [1.29, 1.82) is 0 Å². The van der Waals surface area contributed by atoms with E-state index in [-0.39, 0.29) is 58.2 Å². The summed E-state index contributed by atoms with van der Waals surface area (Å²) < 4.78 is 2.42. The van der Waals surface area contributed by atoms with Crippen LogP contribution in [0.5, 0.6) is 0 Å². The first-order chi connectivity index (χ1) is 5.27. The van der Waals surface area contributed by atoms with Crippen LogP contribution in [-0.2, 0) is 0 Å². The first kappa shape index (κ1) is 11.3. The molecule has 0 aliphatic rings. The summed E-state index contributed by atoms with van der Waals surface area (Å²) in [6, 6.07) is 2.72. The van der Waals surface area contributed by atoms with Crippen molar-refractivity contribution >= 4 is 33.2 Å². The largest absolute Gasteiger partial charge is 1.00 e. The van der Waals surface area contributed by atoms with E-state index in [2.05, 4.69) is 32.1 Å². The predicted octanol–water partition coefficient (Wildman–Crippen LogP) is -1.05. The Balaban J connectivity index is 0.000000720. The van der Waals surface area contributed by atoms with Crippen LogP contribution in [0, 0.1) is 6.07 Å². The standard InChI is InChI=1S/C6H2BrClN3.Rb/c7-4-3-9-11-2-1-5(8)10-6(4)11;/h2-3H;/q-1;+1. The second-order valence-electron chi connectivity index (χ2n) is 1.94. The number of fused-ring (bicyclic) bond motifs is 1. The molecule has 0 aromatic carbocycles. The Labute approximate surface area is 131 Å². The smallest absolute Gasteiger partial charge is 0.413 e. The second-order valence-corrected chi connectivity index (χ2v) is 3.15. The van der Waals surface area contributed by atoms with Crippen molar-refractivity contribution in [3.05, 3.63) is 28.1 Å². The maximum Gasteiger partial charge on any atom is 1.00 e. The Hall–Kier alpha value is 1.20. The van der Waals surface area contributed by atoms with E-state index in [1.165, 1.54) is 0 Å². The SMILES string of the molecule is Clc1[c-]cn2ncc(Br)c2n1.[Rb+]. The van der Waals surface area contributed by atoms with E-state index >= 15 is 0 Å². The number of rotatable bonds is 0. The molecule has 0 amide bonds. The average molecular weight is 317 g/mol. The fourth-order valence-corrected chi connectivity index (χ4v) is 1.26. The van der Waals surface area contributed by atoms with Crippen LogP contribution in [-0.4, -0.2) is 14.6 Å². The van der Waals surface area contributed by atoms with Crippen LogP contribution in [0.3, 0.4) is 0 Å². The molecule has 0 saturated heterocycles. The van der Waals surface area contributed by atoms with E-state index in [4.69, 9.17) is 11.6 Å². The van der Waals surface area contributed by atoms with Crippen molar-refractivity contribution in [2.24, 2.45) is 0 Å². The van der Waals surface area contributed by atoms with Crippen LogP contribution >= 0.6 is 27.5 Å². The molecule has 0 atom stereocenters. The molecule has 0 spiro atoms. The van der Waals surface area contributed by atoms with E-state index < -0.39 is 0 Å². The van der Waals surface area contributed by atoms with Gasteiger partial charge in [0, 0.05) is 0 Å². The Bertz CT molecular complexity index is 403. The Morgan fingerprint density at radius 1 is 1.58 bits per heavy atom. The van der Waals surface area contributed by atoms with Gasteiger partial charge in [0.2, 0.25) is 0 Å². The van der Waals surface area contributed by atoms with Crippen molar-refractivity contribution in [3.63, 3.8) is 0 Å². The molecular weight excluding hydrogens is 315 g/mol. The molecule has 0 N–H and O–H groups in total. The van der Waals surface area contributed by atoms with Crippen LogP contribution in [0.25, 0.3) is 5.65 Å². The average Bonchev–Trinajstić information content (AvgIpc) is 2.33. The number of aromatic nitrogens is 3. The van der Waals surface area contributed by atoms with Gasteiger partial charge >= 0.3 is 58.2 Å². The number of halogens is 2. The maximum absolute atomic E-state index is 5.62. The minimum atomic E-state index is 0. The van der Waals surface area contributed by atoms with Crippen molar-refractivity contribution < 1.29 is 58.2 Å². The van der Waals surface area contributed by atoms with Gasteiger partial charge in [-0.15, -0.1) is 17.8 Å². The Kier molecular flexibility index (Phi) is 4.34. The minimum Gasteiger partial charge on any atom is -0.413 e. The third-order valence-corrected chi connectivity index (χ3v) is 1.99. The monoisotopic (exact) mass is 315 g/mol. The molecule has 3 nitrogen and oxygen atoms in total. The molecule has 0 saturated carbocycles. The van der Waals surface area contributed by atoms with Crippen LogP contribution in [0.4, 0.5) is 0 Å². The molecule has 2 heterocycles. The van der Waals surface area contributed by atoms with E-state index in [9.17, 15) is 0 Å². The van der Waals surface area contributed by atoms with Crippen LogP contribution < -0.4 is 58.2 Å². The zero-order chi connectivity index (χ0) is 7.84. The van der Waals surface area contributed by atoms with Crippen molar-refractivity contribution in [3.8, 4) is 0 Å². The molecule has 0 unspecified atom stereocenters. The zero-order valence-corrected chi connectivity index (χ0v) is 13.5. The summed E-state index contributed by atoms with van der Waals surface area (Å²) in [6.07, 6.45) is 3.29. The molecule has 2 aromatic heterocycles. The van der Waals surface area contributed by atoms with E-state index in [0.717, 1.165) is 4.47 Å². The molecular formula is C6H2BrClN3Rb. The van der Waals surface area contributed by atoms with Gasteiger partial charge in [-0.1, -0.05) is 0 Å². The molecule has 56 valence electrons. The summed E-state index contributed by atoms with van der Waals surface area (Å²) in [5, 5.41) is 4.32. The van der Waals surface area contributed by atoms with Gasteiger partial charge in [-0.05, 0) is 21.1 Å². The fraction of sp³-hybridized carbons (Fsp3) is 0. The van der Waals surface area contributed by atoms with Crippen LogP contribution in [0.2, 0.25) is 5.15 Å². The quantitative estimate of drug-likeness (QED) is 0.459. The first-order valence-electron chi connectivity index (χ1n) is 2.84. The number of nitrogens with zero attached hydrogens (tertiary/aromatic N) is 3. The Morgan fingerprint density at radius 3 is 3.08 bits per heavy atom. The zero-order valence-electron chi connectivity index (χ0n) is 6.25. The predicted molar refractivity (Wildman–Crippen MR) is 44.5 cm³/mol. The van der Waals surface area contributed by atoms with Crippen molar-refractivity contribution in [1.82, 2.24) is 14.6 Å². The summed E-state index contributed by atoms with van der Waals surface area (Å²) in [5.41, 5.74) is 0.703. The van der Waals surface area contributed by atoms with Crippen molar-refractivity contribution in [2.75, 3.05) is 0 Å². The Morgan fingerprint density at radius 2 is 2.33 bits per heavy atom. The van der Waals surface area contributed by atoms with E-state index in [1.54, 1.807) is 16.9 Å². The fourth-order valence-electron chi connectivity index (χ4n) is 0.774. The van der Waals surface area contributed by atoms with Gasteiger partial charge in [-0.3, -0.25) is 9.50 Å². The molecule has 2 aromatic rings. The van der Waals surface area contributed by atoms with Crippen molar-refractivity contribution in [2.45, 2.75) is 0 Å². The molecule has 2 rings (SSSR count). The second kappa shape index (κ2) is 4.62. The third-order valence-electron chi connectivity index (χ3n) is 1.24. The summed E-state index contributed by atoms with van der Waals surface area (Å²) >= 11 is 8.90. The van der Waals surface area contributed by atoms with Gasteiger partial charge in [-0.2, -0.15) is 5.10 Å². The third kappa shape index (κ3) is 2.16. The summed E-state index contributed by atoms with van der Waals surface area (Å²) in [5.74, 6) is 0. The topological polar surface area (TPSA) is 30.2 Å². The molecule has 6 heteroatoms. The van der Waals surface area contributed by atoms with Gasteiger partial charge in [0.15, 0.2) is 5.65 Å². The maximum atomic E-state index is 5.62. The van der Waals surface area contributed by atoms with Gasteiger partial charge in [0.05, 0.1) is 10.7 Å². The van der Waals surface area contributed by atoms with Gasteiger partial charge in [-0.25, -0.2) is 0 Å². The molecule has 0 bridgehead atoms.